The maximum atomic E-state index is 6.58. The summed E-state index contributed by atoms with van der Waals surface area (Å²) < 4.78 is 16.8. The van der Waals surface area contributed by atoms with E-state index >= 15 is 0 Å². The van der Waals surface area contributed by atoms with Crippen LogP contribution < -0.4 is 9.47 Å². The Balaban J connectivity index is 1.33. The fourth-order valence-corrected chi connectivity index (χ4v) is 6.98. The Labute approximate surface area is 198 Å². The molecule has 4 bridgehead atoms. The van der Waals surface area contributed by atoms with Gasteiger partial charge in [0.1, 0.15) is 17.1 Å². The third-order valence-electron chi connectivity index (χ3n) is 8.37. The molecule has 3 aromatic rings. The lowest BCUT2D eigenvalue weighted by Gasteiger charge is -2.61. The Morgan fingerprint density at radius 3 is 2.62 bits per heavy atom. The molecule has 0 radical (unpaired) electrons. The number of piperidine rings is 3. The monoisotopic (exact) mass is 459 g/mol. The predicted octanol–water partition coefficient (Wildman–Crippen LogP) is 4.31. The second-order valence-corrected chi connectivity index (χ2v) is 10.1. The van der Waals surface area contributed by atoms with Crippen LogP contribution in [-0.2, 0) is 11.4 Å². The van der Waals surface area contributed by atoms with Gasteiger partial charge in [0.15, 0.2) is 5.84 Å². The summed E-state index contributed by atoms with van der Waals surface area (Å²) in [6.45, 7) is 4.05. The summed E-state index contributed by atoms with van der Waals surface area (Å²) in [5.41, 5.74) is 2.61. The molecule has 1 spiro atoms. The quantitative estimate of drug-likeness (QED) is 0.567. The molecular weight excluding hydrogens is 430 g/mol. The Morgan fingerprint density at radius 2 is 1.85 bits per heavy atom. The van der Waals surface area contributed by atoms with E-state index in [1.54, 1.807) is 20.5 Å². The average Bonchev–Trinajstić information content (AvgIpc) is 3.47. The molecule has 176 valence electrons. The zero-order chi connectivity index (χ0) is 22.9. The van der Waals surface area contributed by atoms with Crippen molar-refractivity contribution in [3.05, 3.63) is 59.9 Å². The third-order valence-corrected chi connectivity index (χ3v) is 8.37. The van der Waals surface area contributed by atoms with Crippen molar-refractivity contribution in [2.75, 3.05) is 33.9 Å². The van der Waals surface area contributed by atoms with Crippen molar-refractivity contribution in [2.45, 2.75) is 25.1 Å². The maximum absolute atomic E-state index is 6.58. The second kappa shape index (κ2) is 7.40. The minimum absolute atomic E-state index is 0.418. The van der Waals surface area contributed by atoms with Crippen molar-refractivity contribution < 1.29 is 18.7 Å². The summed E-state index contributed by atoms with van der Waals surface area (Å²) in [6.07, 6.45) is 4.13. The average molecular weight is 460 g/mol. The summed E-state index contributed by atoms with van der Waals surface area (Å²) in [6, 6.07) is 14.3. The van der Waals surface area contributed by atoms with Gasteiger partial charge < -0.3 is 28.5 Å². The van der Waals surface area contributed by atoms with E-state index in [4.69, 9.17) is 23.9 Å². The number of amidine groups is 1. The van der Waals surface area contributed by atoms with Crippen molar-refractivity contribution in [1.82, 2.24) is 9.80 Å². The lowest BCUT2D eigenvalue weighted by atomic mass is 9.62. The van der Waals surface area contributed by atoms with E-state index in [-0.39, 0.29) is 0 Å². The number of benzene rings is 2. The first kappa shape index (κ1) is 20.2. The van der Waals surface area contributed by atoms with Crippen molar-refractivity contribution >= 4 is 16.8 Å². The van der Waals surface area contributed by atoms with Crippen LogP contribution in [0, 0.1) is 17.8 Å². The first-order valence-electron chi connectivity index (χ1n) is 12.1. The van der Waals surface area contributed by atoms with Crippen LogP contribution >= 0.6 is 0 Å². The van der Waals surface area contributed by atoms with Gasteiger partial charge in [-0.05, 0) is 55.2 Å². The molecule has 0 N–H and O–H groups in total. The van der Waals surface area contributed by atoms with E-state index in [1.807, 2.05) is 24.3 Å². The van der Waals surface area contributed by atoms with Gasteiger partial charge in [-0.2, -0.15) is 0 Å². The topological polar surface area (TPSA) is 59.7 Å². The number of nitrogens with zero attached hydrogens (tertiary/aromatic N) is 3. The van der Waals surface area contributed by atoms with Crippen LogP contribution in [0.3, 0.4) is 0 Å². The highest BCUT2D eigenvalue weighted by molar-refractivity contribution is 6.02. The molecular formula is C27H29N3O4. The molecule has 1 aromatic heterocycles. The van der Waals surface area contributed by atoms with E-state index in [2.05, 4.69) is 28.0 Å². The van der Waals surface area contributed by atoms with Gasteiger partial charge in [-0.15, -0.1) is 0 Å². The third kappa shape index (κ3) is 2.83. The van der Waals surface area contributed by atoms with Crippen LogP contribution in [0.25, 0.3) is 11.0 Å². The van der Waals surface area contributed by atoms with E-state index in [0.717, 1.165) is 58.4 Å². The largest absolute Gasteiger partial charge is 0.497 e. The van der Waals surface area contributed by atoms with Gasteiger partial charge in [0.05, 0.1) is 27.0 Å². The lowest BCUT2D eigenvalue weighted by Crippen LogP contribution is -2.71. The molecule has 8 rings (SSSR count). The molecule has 7 heteroatoms. The SMILES string of the molecule is COc1ccc(CN2C(c3ccc4occc4c3)=NOC23C2CC4CC3CN(C4)C2)c(OC)c1. The number of oxime groups is 1. The van der Waals surface area contributed by atoms with Gasteiger partial charge in [-0.25, -0.2) is 0 Å². The Kier molecular flexibility index (Phi) is 4.40. The summed E-state index contributed by atoms with van der Waals surface area (Å²) >= 11 is 0. The smallest absolute Gasteiger partial charge is 0.219 e. The van der Waals surface area contributed by atoms with Gasteiger partial charge in [-0.3, -0.25) is 0 Å². The highest BCUT2D eigenvalue weighted by Gasteiger charge is 2.64. The van der Waals surface area contributed by atoms with Crippen LogP contribution in [0.2, 0.25) is 0 Å². The van der Waals surface area contributed by atoms with Crippen LogP contribution in [0.15, 0.2) is 58.3 Å². The van der Waals surface area contributed by atoms with E-state index in [9.17, 15) is 0 Å². The molecule has 4 fully saturated rings. The molecule has 2 unspecified atom stereocenters. The molecule has 1 aliphatic carbocycles. The van der Waals surface area contributed by atoms with Crippen molar-refractivity contribution in [2.24, 2.45) is 22.9 Å². The van der Waals surface area contributed by atoms with E-state index in [0.29, 0.717) is 18.4 Å². The number of hydrogen-bond acceptors (Lipinski definition) is 7. The van der Waals surface area contributed by atoms with Gasteiger partial charge in [0.25, 0.3) is 0 Å². The maximum Gasteiger partial charge on any atom is 0.219 e. The van der Waals surface area contributed by atoms with Crippen LogP contribution in [0.4, 0.5) is 0 Å². The number of ether oxygens (including phenoxy) is 2. The molecule has 7 nitrogen and oxygen atoms in total. The van der Waals surface area contributed by atoms with Gasteiger partial charge in [0, 0.05) is 54.0 Å². The fraction of sp³-hybridized carbons (Fsp3) is 0.444. The van der Waals surface area contributed by atoms with Crippen LogP contribution in [-0.4, -0.2) is 55.2 Å². The van der Waals surface area contributed by atoms with Crippen molar-refractivity contribution in [3.8, 4) is 11.5 Å². The summed E-state index contributed by atoms with van der Waals surface area (Å²) in [4.78, 5) is 11.6. The predicted molar refractivity (Wildman–Crippen MR) is 128 cm³/mol. The molecule has 0 amide bonds. The van der Waals surface area contributed by atoms with Gasteiger partial charge in [-0.1, -0.05) is 5.16 Å². The highest BCUT2D eigenvalue weighted by atomic mass is 16.7. The number of rotatable bonds is 5. The standard InChI is InChI=1S/C27H29N3O4/c1-31-23-5-3-20(25(12-23)32-2)14-30-26(19-4-6-24-18(11-19)7-8-33-24)28-34-27(30)21-9-17-10-22(27)16-29(13-17)15-21/h3-8,11-12,17,21-22H,9-10,13-16H2,1-2H3. The second-order valence-electron chi connectivity index (χ2n) is 10.1. The van der Waals surface area contributed by atoms with Crippen LogP contribution in [0.1, 0.15) is 24.0 Å². The summed E-state index contributed by atoms with van der Waals surface area (Å²) in [5.74, 6) is 4.14. The van der Waals surface area contributed by atoms with Crippen LogP contribution in [0.5, 0.6) is 11.5 Å². The van der Waals surface area contributed by atoms with Gasteiger partial charge >= 0.3 is 0 Å². The minimum atomic E-state index is -0.418. The van der Waals surface area contributed by atoms with E-state index in [1.165, 1.54) is 19.4 Å². The summed E-state index contributed by atoms with van der Waals surface area (Å²) in [7, 11) is 3.39. The molecule has 5 heterocycles. The van der Waals surface area contributed by atoms with Crippen molar-refractivity contribution in [3.63, 3.8) is 0 Å². The molecule has 34 heavy (non-hydrogen) atoms. The van der Waals surface area contributed by atoms with E-state index < -0.39 is 5.72 Å². The number of hydrogen-bond donors (Lipinski definition) is 0. The Hall–Kier alpha value is -3.19. The van der Waals surface area contributed by atoms with Gasteiger partial charge in [0.2, 0.25) is 5.72 Å². The first-order valence-corrected chi connectivity index (χ1v) is 12.1. The molecule has 2 atom stereocenters. The number of fused-ring (bicyclic) bond motifs is 1. The number of furan rings is 1. The highest BCUT2D eigenvalue weighted by Crippen LogP contribution is 2.55. The molecule has 2 aromatic carbocycles. The zero-order valence-corrected chi connectivity index (χ0v) is 19.6. The zero-order valence-electron chi connectivity index (χ0n) is 19.6. The Morgan fingerprint density at radius 1 is 1.00 bits per heavy atom. The lowest BCUT2D eigenvalue weighted by molar-refractivity contribution is -0.251. The molecule has 3 saturated heterocycles. The first-order chi connectivity index (χ1) is 16.7. The molecule has 5 aliphatic rings. The summed E-state index contributed by atoms with van der Waals surface area (Å²) in [5, 5.41) is 5.86. The molecule has 4 aliphatic heterocycles. The molecule has 1 saturated carbocycles. The number of methoxy groups -OCH3 is 2. The fourth-order valence-electron chi connectivity index (χ4n) is 6.98. The van der Waals surface area contributed by atoms with Crippen molar-refractivity contribution in [1.29, 1.82) is 0 Å². The normalized spacial score (nSPS) is 31.2. The minimum Gasteiger partial charge on any atom is -0.497 e. The Bertz CT molecular complexity index is 1250.